The summed E-state index contributed by atoms with van der Waals surface area (Å²) in [6, 6.07) is 5.33. The fourth-order valence-corrected chi connectivity index (χ4v) is 2.12. The molecule has 1 saturated heterocycles. The number of para-hydroxylation sites is 1. The predicted molar refractivity (Wildman–Crippen MR) is 81.1 cm³/mol. The van der Waals surface area contributed by atoms with Crippen molar-refractivity contribution in [1.29, 1.82) is 0 Å². The summed E-state index contributed by atoms with van der Waals surface area (Å²) in [4.78, 5) is 25.0. The average molecular weight is 359 g/mol. The molecule has 0 spiro atoms. The number of aromatic hydroxyl groups is 1. The van der Waals surface area contributed by atoms with Crippen LogP contribution >= 0.6 is 0 Å². The topological polar surface area (TPSA) is 91.2 Å². The second-order valence-electron chi connectivity index (χ2n) is 5.18. The Kier molecular flexibility index (Phi) is 5.97. The highest BCUT2D eigenvalue weighted by Gasteiger charge is 2.38. The number of amides is 2. The van der Waals surface area contributed by atoms with Gasteiger partial charge in [-0.15, -0.1) is 0 Å². The standard InChI is InChI=1S/C15H16F3N3O4/c16-15(17,18)12(9-13(23)21-5-7-25-8-6-21)19-20-14(24)10-3-1-2-4-11(10)22/h1-4,22H,5-9H2,(H,20,24)/b19-12+. The maximum absolute atomic E-state index is 13.1. The number of phenols is 1. The van der Waals surface area contributed by atoms with E-state index in [1.54, 1.807) is 5.43 Å². The Bertz CT molecular complexity index is 670. The number of halogens is 3. The second kappa shape index (κ2) is 7.97. The van der Waals surface area contributed by atoms with Crippen LogP contribution in [0.2, 0.25) is 0 Å². The van der Waals surface area contributed by atoms with Crippen molar-refractivity contribution in [2.45, 2.75) is 12.6 Å². The summed E-state index contributed by atoms with van der Waals surface area (Å²) in [5, 5.41) is 12.6. The Balaban J connectivity index is 2.09. The van der Waals surface area contributed by atoms with Crippen molar-refractivity contribution in [3.63, 3.8) is 0 Å². The maximum Gasteiger partial charge on any atom is 0.431 e. The number of hydrogen-bond donors (Lipinski definition) is 2. The van der Waals surface area contributed by atoms with Crippen molar-refractivity contribution in [3.05, 3.63) is 29.8 Å². The molecule has 1 aliphatic heterocycles. The number of phenolic OH excluding ortho intramolecular Hbond substituents is 1. The minimum atomic E-state index is -4.88. The molecule has 0 unspecified atom stereocenters. The number of carbonyl (C=O) groups is 2. The largest absolute Gasteiger partial charge is 0.507 e. The van der Waals surface area contributed by atoms with Crippen LogP contribution in [0.25, 0.3) is 0 Å². The molecule has 0 bridgehead atoms. The Morgan fingerprint density at radius 3 is 2.48 bits per heavy atom. The highest BCUT2D eigenvalue weighted by molar-refractivity contribution is 6.05. The molecule has 25 heavy (non-hydrogen) atoms. The number of hydrazone groups is 1. The van der Waals surface area contributed by atoms with Crippen LogP contribution in [0.1, 0.15) is 16.8 Å². The van der Waals surface area contributed by atoms with Crippen molar-refractivity contribution < 1.29 is 32.6 Å². The molecule has 1 fully saturated rings. The van der Waals surface area contributed by atoms with E-state index in [4.69, 9.17) is 4.74 Å². The molecule has 136 valence electrons. The Morgan fingerprint density at radius 1 is 1.24 bits per heavy atom. The lowest BCUT2D eigenvalue weighted by atomic mass is 10.2. The SMILES string of the molecule is O=C(N/N=C(\CC(=O)N1CCOCC1)C(F)(F)F)c1ccccc1O. The molecule has 0 atom stereocenters. The Hall–Kier alpha value is -2.62. The van der Waals surface area contributed by atoms with Gasteiger partial charge in [0.05, 0.1) is 25.2 Å². The molecule has 2 N–H and O–H groups in total. The zero-order valence-electron chi connectivity index (χ0n) is 13.0. The van der Waals surface area contributed by atoms with Crippen molar-refractivity contribution in [2.75, 3.05) is 26.3 Å². The molecular formula is C15H16F3N3O4. The molecule has 1 aromatic carbocycles. The lowest BCUT2D eigenvalue weighted by Crippen LogP contribution is -2.43. The fraction of sp³-hybridized carbons (Fsp3) is 0.400. The van der Waals surface area contributed by atoms with Gasteiger partial charge in [-0.25, -0.2) is 5.43 Å². The molecule has 10 heteroatoms. The van der Waals surface area contributed by atoms with Crippen LogP contribution in [0, 0.1) is 0 Å². The third-order valence-electron chi connectivity index (χ3n) is 3.45. The maximum atomic E-state index is 13.1. The number of nitrogens with one attached hydrogen (secondary N) is 1. The lowest BCUT2D eigenvalue weighted by Gasteiger charge is -2.27. The summed E-state index contributed by atoms with van der Waals surface area (Å²) in [5.74, 6) is -2.16. The van der Waals surface area contributed by atoms with Gasteiger partial charge in [0.1, 0.15) is 5.75 Å². The quantitative estimate of drug-likeness (QED) is 0.626. The van der Waals surface area contributed by atoms with E-state index in [2.05, 4.69) is 5.10 Å². The molecule has 2 rings (SSSR count). The van der Waals surface area contributed by atoms with Gasteiger partial charge in [-0.05, 0) is 12.1 Å². The van der Waals surface area contributed by atoms with Gasteiger partial charge in [0.2, 0.25) is 5.91 Å². The summed E-state index contributed by atoms with van der Waals surface area (Å²) in [5.41, 5.74) is 0.0756. The molecule has 1 heterocycles. The lowest BCUT2D eigenvalue weighted by molar-refractivity contribution is -0.134. The number of ether oxygens (including phenoxy) is 1. The molecule has 0 aliphatic carbocycles. The summed E-state index contributed by atoms with van der Waals surface area (Å²) in [6.45, 7) is 0.922. The molecule has 0 aromatic heterocycles. The van der Waals surface area contributed by atoms with Gasteiger partial charge in [-0.2, -0.15) is 18.3 Å². The normalized spacial score (nSPS) is 15.8. The van der Waals surface area contributed by atoms with Gasteiger partial charge in [-0.1, -0.05) is 12.1 Å². The van der Waals surface area contributed by atoms with E-state index in [0.29, 0.717) is 0 Å². The number of alkyl halides is 3. The molecule has 1 aromatic rings. The van der Waals surface area contributed by atoms with Gasteiger partial charge < -0.3 is 14.7 Å². The second-order valence-corrected chi connectivity index (χ2v) is 5.18. The van der Waals surface area contributed by atoms with Crippen molar-refractivity contribution >= 4 is 17.5 Å². The monoisotopic (exact) mass is 359 g/mol. The van der Waals surface area contributed by atoms with Gasteiger partial charge >= 0.3 is 6.18 Å². The number of carbonyl (C=O) groups excluding carboxylic acids is 2. The summed E-state index contributed by atoms with van der Waals surface area (Å²) < 4.78 is 44.2. The molecule has 0 saturated carbocycles. The van der Waals surface area contributed by atoms with E-state index in [1.165, 1.54) is 29.2 Å². The Morgan fingerprint density at radius 2 is 1.88 bits per heavy atom. The predicted octanol–water partition coefficient (Wildman–Crippen LogP) is 1.29. The average Bonchev–Trinajstić information content (AvgIpc) is 2.58. The van der Waals surface area contributed by atoms with Gasteiger partial charge in [-0.3, -0.25) is 9.59 Å². The first-order valence-corrected chi connectivity index (χ1v) is 7.36. The van der Waals surface area contributed by atoms with Crippen LogP contribution in [-0.4, -0.2) is 60.0 Å². The minimum absolute atomic E-state index is 0.203. The van der Waals surface area contributed by atoms with E-state index < -0.39 is 35.9 Å². The first kappa shape index (κ1) is 18.7. The van der Waals surface area contributed by atoms with Gasteiger partial charge in [0.15, 0.2) is 5.71 Å². The third kappa shape index (κ3) is 5.18. The van der Waals surface area contributed by atoms with Crippen LogP contribution in [0.4, 0.5) is 13.2 Å². The third-order valence-corrected chi connectivity index (χ3v) is 3.45. The molecular weight excluding hydrogens is 343 g/mol. The van der Waals surface area contributed by atoms with E-state index in [-0.39, 0.29) is 31.9 Å². The van der Waals surface area contributed by atoms with E-state index in [1.807, 2.05) is 0 Å². The number of hydrogen-bond acceptors (Lipinski definition) is 5. The smallest absolute Gasteiger partial charge is 0.431 e. The Labute approximate surface area is 141 Å². The first-order valence-electron chi connectivity index (χ1n) is 7.36. The van der Waals surface area contributed by atoms with Crippen LogP contribution < -0.4 is 5.43 Å². The molecule has 7 nitrogen and oxygen atoms in total. The summed E-state index contributed by atoms with van der Waals surface area (Å²) >= 11 is 0. The highest BCUT2D eigenvalue weighted by Crippen LogP contribution is 2.21. The van der Waals surface area contributed by atoms with Gasteiger partial charge in [0, 0.05) is 13.1 Å². The molecule has 2 amide bonds. The van der Waals surface area contributed by atoms with Crippen molar-refractivity contribution in [1.82, 2.24) is 10.3 Å². The number of benzene rings is 1. The van der Waals surface area contributed by atoms with Crippen LogP contribution in [0.3, 0.4) is 0 Å². The number of morpholine rings is 1. The van der Waals surface area contributed by atoms with E-state index in [9.17, 15) is 27.9 Å². The van der Waals surface area contributed by atoms with E-state index in [0.717, 1.165) is 0 Å². The van der Waals surface area contributed by atoms with Crippen molar-refractivity contribution in [2.24, 2.45) is 5.10 Å². The van der Waals surface area contributed by atoms with Crippen LogP contribution in [0.5, 0.6) is 5.75 Å². The zero-order valence-corrected chi connectivity index (χ0v) is 13.0. The molecule has 0 radical (unpaired) electrons. The highest BCUT2D eigenvalue weighted by atomic mass is 19.4. The number of rotatable bonds is 4. The fourth-order valence-electron chi connectivity index (χ4n) is 2.12. The zero-order chi connectivity index (χ0) is 18.4. The summed E-state index contributed by atoms with van der Waals surface area (Å²) in [7, 11) is 0. The summed E-state index contributed by atoms with van der Waals surface area (Å²) in [6.07, 6.45) is -5.88. The first-order chi connectivity index (χ1) is 11.8. The number of nitrogens with zero attached hydrogens (tertiary/aromatic N) is 2. The van der Waals surface area contributed by atoms with Crippen molar-refractivity contribution in [3.8, 4) is 5.75 Å². The van der Waals surface area contributed by atoms with E-state index >= 15 is 0 Å². The minimum Gasteiger partial charge on any atom is -0.507 e. The van der Waals surface area contributed by atoms with Crippen LogP contribution in [0.15, 0.2) is 29.4 Å². The molecule has 1 aliphatic rings. The van der Waals surface area contributed by atoms with Crippen LogP contribution in [-0.2, 0) is 9.53 Å². The van der Waals surface area contributed by atoms with Gasteiger partial charge in [0.25, 0.3) is 5.91 Å².